The Labute approximate surface area is 131 Å². The van der Waals surface area contributed by atoms with E-state index in [1.807, 2.05) is 0 Å². The van der Waals surface area contributed by atoms with Crippen molar-refractivity contribution in [3.8, 4) is 5.75 Å². The molecule has 2 nitrogen and oxygen atoms in total. The zero-order chi connectivity index (χ0) is 16.1. The van der Waals surface area contributed by atoms with Crippen molar-refractivity contribution in [2.75, 3.05) is 6.54 Å². The van der Waals surface area contributed by atoms with Crippen LogP contribution in [0.25, 0.3) is 0 Å². The Morgan fingerprint density at radius 2 is 1.57 bits per heavy atom. The fraction of sp³-hybridized carbons (Fsp3) is 0.684. The summed E-state index contributed by atoms with van der Waals surface area (Å²) in [6.07, 6.45) is 2.53. The lowest BCUT2D eigenvalue weighted by atomic mass is 9.85. The lowest BCUT2D eigenvalue weighted by molar-refractivity contribution is 0.242. The molecule has 0 saturated heterocycles. The largest absolute Gasteiger partial charge is 0.491 e. The molecule has 0 heterocycles. The van der Waals surface area contributed by atoms with E-state index in [1.165, 1.54) is 12.0 Å². The van der Waals surface area contributed by atoms with E-state index < -0.39 is 0 Å². The molecule has 0 fully saturated rings. The van der Waals surface area contributed by atoms with Crippen LogP contribution in [0.3, 0.4) is 0 Å². The number of nitrogens with one attached hydrogen (secondary N) is 1. The minimum Gasteiger partial charge on any atom is -0.491 e. The molecule has 0 aliphatic carbocycles. The first-order valence-electron chi connectivity index (χ1n) is 8.08. The van der Waals surface area contributed by atoms with Gasteiger partial charge in [0.25, 0.3) is 0 Å². The Balaban J connectivity index is 2.46. The molecule has 1 N–H and O–H groups in total. The molecule has 0 aromatic heterocycles. The van der Waals surface area contributed by atoms with E-state index in [0.29, 0.717) is 5.41 Å². The van der Waals surface area contributed by atoms with Gasteiger partial charge in [0, 0.05) is 12.1 Å². The van der Waals surface area contributed by atoms with Crippen LogP contribution in [-0.4, -0.2) is 18.2 Å². The molecule has 1 aromatic carbocycles. The van der Waals surface area contributed by atoms with Crippen LogP contribution in [0.5, 0.6) is 5.75 Å². The lowest BCUT2D eigenvalue weighted by Crippen LogP contribution is -2.42. The summed E-state index contributed by atoms with van der Waals surface area (Å²) < 4.78 is 5.68. The second kappa shape index (κ2) is 7.31. The molecule has 0 aliphatic rings. The molecule has 0 atom stereocenters. The summed E-state index contributed by atoms with van der Waals surface area (Å²) in [4.78, 5) is 0. The molecule has 1 rings (SSSR count). The van der Waals surface area contributed by atoms with Crippen molar-refractivity contribution >= 4 is 0 Å². The van der Waals surface area contributed by atoms with E-state index in [1.54, 1.807) is 0 Å². The van der Waals surface area contributed by atoms with Crippen LogP contribution in [0.2, 0.25) is 0 Å². The van der Waals surface area contributed by atoms with Gasteiger partial charge in [-0.2, -0.15) is 0 Å². The third kappa shape index (κ3) is 8.11. The number of hydrogen-bond acceptors (Lipinski definition) is 2. The van der Waals surface area contributed by atoms with Crippen molar-refractivity contribution < 1.29 is 4.74 Å². The maximum absolute atomic E-state index is 5.68. The van der Waals surface area contributed by atoms with Crippen LogP contribution in [-0.2, 0) is 6.42 Å². The van der Waals surface area contributed by atoms with Gasteiger partial charge in [0.15, 0.2) is 0 Å². The van der Waals surface area contributed by atoms with Crippen LogP contribution in [0.1, 0.15) is 60.5 Å². The summed E-state index contributed by atoms with van der Waals surface area (Å²) in [6.45, 7) is 16.5. The van der Waals surface area contributed by atoms with Gasteiger partial charge in [0.05, 0.1) is 6.10 Å². The van der Waals surface area contributed by atoms with Crippen molar-refractivity contribution in [1.29, 1.82) is 0 Å². The van der Waals surface area contributed by atoms with Crippen LogP contribution in [0.4, 0.5) is 0 Å². The lowest BCUT2D eigenvalue weighted by Gasteiger charge is -2.30. The van der Waals surface area contributed by atoms with Crippen molar-refractivity contribution in [3.05, 3.63) is 29.8 Å². The summed E-state index contributed by atoms with van der Waals surface area (Å²) >= 11 is 0. The number of aryl methyl sites for hydroxylation is 1. The second-order valence-corrected chi connectivity index (χ2v) is 8.08. The highest BCUT2D eigenvalue weighted by Crippen LogP contribution is 2.24. The SMILES string of the molecule is CC(C)Oc1ccc(CCC(C)(C)CNC(C)(C)C)cc1. The average molecular weight is 291 g/mol. The van der Waals surface area contributed by atoms with Crippen molar-refractivity contribution in [2.24, 2.45) is 5.41 Å². The van der Waals surface area contributed by atoms with Gasteiger partial charge >= 0.3 is 0 Å². The number of rotatable bonds is 7. The average Bonchev–Trinajstić information content (AvgIpc) is 2.35. The predicted octanol–water partition coefficient (Wildman–Crippen LogP) is 4.82. The van der Waals surface area contributed by atoms with E-state index in [0.717, 1.165) is 18.7 Å². The number of hydrogen-bond donors (Lipinski definition) is 1. The highest BCUT2D eigenvalue weighted by atomic mass is 16.5. The minimum absolute atomic E-state index is 0.188. The molecule has 0 saturated carbocycles. The minimum atomic E-state index is 0.188. The van der Waals surface area contributed by atoms with Crippen LogP contribution < -0.4 is 10.1 Å². The zero-order valence-corrected chi connectivity index (χ0v) is 14.9. The van der Waals surface area contributed by atoms with Gasteiger partial charge in [-0.3, -0.25) is 0 Å². The molecule has 2 heteroatoms. The zero-order valence-electron chi connectivity index (χ0n) is 14.9. The molecule has 0 aliphatic heterocycles. The molecule has 1 aromatic rings. The molecular weight excluding hydrogens is 258 g/mol. The highest BCUT2D eigenvalue weighted by molar-refractivity contribution is 5.27. The number of ether oxygens (including phenoxy) is 1. The van der Waals surface area contributed by atoms with E-state index in [2.05, 4.69) is 78.0 Å². The summed E-state index contributed by atoms with van der Waals surface area (Å²) in [5.74, 6) is 0.961. The Kier molecular flexibility index (Phi) is 6.27. The molecule has 0 bridgehead atoms. The topological polar surface area (TPSA) is 21.3 Å². The molecular formula is C19H33NO. The molecule has 0 amide bonds. The summed E-state index contributed by atoms with van der Waals surface area (Å²) in [6, 6.07) is 8.53. The second-order valence-electron chi connectivity index (χ2n) is 8.08. The highest BCUT2D eigenvalue weighted by Gasteiger charge is 2.20. The van der Waals surface area contributed by atoms with Crippen LogP contribution in [0.15, 0.2) is 24.3 Å². The third-order valence-corrected chi connectivity index (χ3v) is 3.48. The smallest absolute Gasteiger partial charge is 0.119 e. The van der Waals surface area contributed by atoms with Gasteiger partial charge in [-0.25, -0.2) is 0 Å². The van der Waals surface area contributed by atoms with E-state index in [-0.39, 0.29) is 11.6 Å². The molecule has 0 unspecified atom stereocenters. The Morgan fingerprint density at radius 3 is 2.05 bits per heavy atom. The van der Waals surface area contributed by atoms with Crippen molar-refractivity contribution in [3.63, 3.8) is 0 Å². The number of benzene rings is 1. The van der Waals surface area contributed by atoms with Crippen molar-refractivity contribution in [1.82, 2.24) is 5.32 Å². The summed E-state index contributed by atoms with van der Waals surface area (Å²) in [5, 5.41) is 3.61. The van der Waals surface area contributed by atoms with E-state index in [4.69, 9.17) is 4.74 Å². The first-order valence-corrected chi connectivity index (χ1v) is 8.08. The quantitative estimate of drug-likeness (QED) is 0.777. The molecule has 120 valence electrons. The standard InChI is InChI=1S/C19H33NO/c1-15(2)21-17-10-8-16(9-11-17)12-13-19(6,7)14-20-18(3,4)5/h8-11,15,20H,12-14H2,1-7H3. The van der Waals surface area contributed by atoms with E-state index in [9.17, 15) is 0 Å². The monoisotopic (exact) mass is 291 g/mol. The van der Waals surface area contributed by atoms with E-state index >= 15 is 0 Å². The maximum atomic E-state index is 5.68. The Hall–Kier alpha value is -1.02. The molecule has 0 spiro atoms. The molecule has 21 heavy (non-hydrogen) atoms. The summed E-state index contributed by atoms with van der Waals surface area (Å²) in [5.41, 5.74) is 1.88. The van der Waals surface area contributed by atoms with Gasteiger partial charge in [-0.15, -0.1) is 0 Å². The van der Waals surface area contributed by atoms with Gasteiger partial charge in [0.1, 0.15) is 5.75 Å². The van der Waals surface area contributed by atoms with Crippen LogP contribution >= 0.6 is 0 Å². The first-order chi connectivity index (χ1) is 9.57. The fourth-order valence-corrected chi connectivity index (χ4v) is 2.08. The third-order valence-electron chi connectivity index (χ3n) is 3.48. The maximum Gasteiger partial charge on any atom is 0.119 e. The first kappa shape index (κ1) is 18.0. The van der Waals surface area contributed by atoms with Crippen LogP contribution in [0, 0.1) is 5.41 Å². The van der Waals surface area contributed by atoms with Gasteiger partial charge < -0.3 is 10.1 Å². The Morgan fingerprint density at radius 1 is 1.00 bits per heavy atom. The normalized spacial score (nSPS) is 12.8. The van der Waals surface area contributed by atoms with Crippen molar-refractivity contribution in [2.45, 2.75) is 73.0 Å². The Bertz CT molecular complexity index is 412. The summed E-state index contributed by atoms with van der Waals surface area (Å²) in [7, 11) is 0. The molecule has 0 radical (unpaired) electrons. The van der Waals surface area contributed by atoms with Gasteiger partial charge in [-0.05, 0) is 70.6 Å². The fourth-order valence-electron chi connectivity index (χ4n) is 2.08. The van der Waals surface area contributed by atoms with Gasteiger partial charge in [-0.1, -0.05) is 26.0 Å². The van der Waals surface area contributed by atoms with Gasteiger partial charge in [0.2, 0.25) is 0 Å². The predicted molar refractivity (Wildman–Crippen MR) is 92.1 cm³/mol.